The molecule has 0 fully saturated rings. The third kappa shape index (κ3) is 4.03. The Morgan fingerprint density at radius 1 is 1.16 bits per heavy atom. The highest BCUT2D eigenvalue weighted by Crippen LogP contribution is 2.20. The molecule has 0 spiro atoms. The minimum Gasteiger partial charge on any atom is -0.310 e. The van der Waals surface area contributed by atoms with Gasteiger partial charge in [-0.3, -0.25) is 0 Å². The van der Waals surface area contributed by atoms with Crippen LogP contribution in [0.5, 0.6) is 0 Å². The fraction of sp³-hybridized carbons (Fsp3) is 0.571. The van der Waals surface area contributed by atoms with Crippen molar-refractivity contribution in [1.29, 1.82) is 0 Å². The van der Waals surface area contributed by atoms with Crippen molar-refractivity contribution in [2.24, 2.45) is 0 Å². The highest BCUT2D eigenvalue weighted by Gasteiger charge is 2.25. The molecule has 19 heavy (non-hydrogen) atoms. The number of rotatable bonds is 6. The minimum absolute atomic E-state index is 0.0592. The van der Waals surface area contributed by atoms with Gasteiger partial charge in [0.05, 0.1) is 4.90 Å². The summed E-state index contributed by atoms with van der Waals surface area (Å²) in [5, 5.41) is 3.26. The molecule has 0 aromatic heterocycles. The fourth-order valence-corrected chi connectivity index (χ4v) is 3.24. The van der Waals surface area contributed by atoms with E-state index < -0.39 is 10.0 Å². The van der Waals surface area contributed by atoms with Crippen LogP contribution in [0, 0.1) is 0 Å². The van der Waals surface area contributed by atoms with E-state index in [1.54, 1.807) is 19.2 Å². The number of nitrogens with zero attached hydrogens (tertiary/aromatic N) is 1. The van der Waals surface area contributed by atoms with Gasteiger partial charge in [-0.15, -0.1) is 0 Å². The molecule has 0 unspecified atom stereocenters. The lowest BCUT2D eigenvalue weighted by Gasteiger charge is -2.23. The maximum atomic E-state index is 12.5. The van der Waals surface area contributed by atoms with E-state index in [-0.39, 0.29) is 6.04 Å². The van der Waals surface area contributed by atoms with Gasteiger partial charge in [-0.05, 0) is 25.5 Å². The van der Waals surface area contributed by atoms with Crippen molar-refractivity contribution in [2.45, 2.75) is 51.2 Å². The molecule has 0 saturated carbocycles. The standard InChI is InChI=1S/C14H24N2O2S/c1-11(2)15-10-13-8-6-7-9-14(13)19(17,18)16(5)12(3)4/h6-9,11-12,15H,10H2,1-5H3. The summed E-state index contributed by atoms with van der Waals surface area (Å²) in [4.78, 5) is 0.388. The molecular weight excluding hydrogens is 260 g/mol. The lowest BCUT2D eigenvalue weighted by molar-refractivity contribution is 0.409. The quantitative estimate of drug-likeness (QED) is 0.871. The van der Waals surface area contributed by atoms with Crippen LogP contribution < -0.4 is 5.32 Å². The second kappa shape index (κ2) is 6.50. The number of hydrogen-bond donors (Lipinski definition) is 1. The van der Waals surface area contributed by atoms with Crippen LogP contribution in [0.25, 0.3) is 0 Å². The Labute approximate surface area is 116 Å². The van der Waals surface area contributed by atoms with Crippen molar-refractivity contribution in [1.82, 2.24) is 9.62 Å². The average molecular weight is 284 g/mol. The van der Waals surface area contributed by atoms with Crippen LogP contribution >= 0.6 is 0 Å². The molecule has 1 N–H and O–H groups in total. The molecular formula is C14H24N2O2S. The Kier molecular flexibility index (Phi) is 5.52. The Morgan fingerprint density at radius 3 is 2.26 bits per heavy atom. The normalized spacial score (nSPS) is 12.6. The molecule has 0 aliphatic rings. The Bertz CT molecular complexity index is 510. The van der Waals surface area contributed by atoms with Gasteiger partial charge in [0, 0.05) is 25.7 Å². The van der Waals surface area contributed by atoms with Crippen molar-refractivity contribution < 1.29 is 8.42 Å². The molecule has 0 heterocycles. The molecule has 1 aromatic rings. The van der Waals surface area contributed by atoms with Gasteiger partial charge in [0.1, 0.15) is 0 Å². The van der Waals surface area contributed by atoms with Crippen molar-refractivity contribution in [2.75, 3.05) is 7.05 Å². The third-order valence-electron chi connectivity index (χ3n) is 3.06. The predicted octanol–water partition coefficient (Wildman–Crippen LogP) is 2.21. The van der Waals surface area contributed by atoms with Crippen LogP contribution in [-0.4, -0.2) is 31.9 Å². The molecule has 4 nitrogen and oxygen atoms in total. The zero-order chi connectivity index (χ0) is 14.6. The van der Waals surface area contributed by atoms with Crippen LogP contribution in [0.2, 0.25) is 0 Å². The first-order valence-corrected chi connectivity index (χ1v) is 8.00. The number of sulfonamides is 1. The van der Waals surface area contributed by atoms with Gasteiger partial charge in [0.25, 0.3) is 0 Å². The van der Waals surface area contributed by atoms with Gasteiger partial charge >= 0.3 is 0 Å². The molecule has 1 rings (SSSR count). The maximum Gasteiger partial charge on any atom is 0.243 e. The lowest BCUT2D eigenvalue weighted by atomic mass is 10.2. The van der Waals surface area contributed by atoms with Gasteiger partial charge < -0.3 is 5.32 Å². The first-order chi connectivity index (χ1) is 8.76. The number of hydrogen-bond acceptors (Lipinski definition) is 3. The van der Waals surface area contributed by atoms with E-state index in [9.17, 15) is 8.42 Å². The zero-order valence-corrected chi connectivity index (χ0v) is 13.2. The van der Waals surface area contributed by atoms with Crippen molar-refractivity contribution in [3.63, 3.8) is 0 Å². The molecule has 0 aliphatic carbocycles. The summed E-state index contributed by atoms with van der Waals surface area (Å²) in [6.07, 6.45) is 0. The van der Waals surface area contributed by atoms with Crippen molar-refractivity contribution in [3.05, 3.63) is 29.8 Å². The molecule has 0 aliphatic heterocycles. The number of nitrogens with one attached hydrogen (secondary N) is 1. The largest absolute Gasteiger partial charge is 0.310 e. The second-order valence-electron chi connectivity index (χ2n) is 5.26. The summed E-state index contributed by atoms with van der Waals surface area (Å²) in [6.45, 7) is 8.37. The Balaban J connectivity index is 3.13. The van der Waals surface area contributed by atoms with E-state index in [0.29, 0.717) is 17.5 Å². The summed E-state index contributed by atoms with van der Waals surface area (Å²) in [6, 6.07) is 7.42. The van der Waals surface area contributed by atoms with E-state index in [1.807, 2.05) is 39.8 Å². The summed E-state index contributed by atoms with van der Waals surface area (Å²) in [5.41, 5.74) is 0.809. The van der Waals surface area contributed by atoms with Crippen LogP contribution in [-0.2, 0) is 16.6 Å². The van der Waals surface area contributed by atoms with Gasteiger partial charge in [-0.1, -0.05) is 32.0 Å². The third-order valence-corrected chi connectivity index (χ3v) is 5.19. The van der Waals surface area contributed by atoms with E-state index in [0.717, 1.165) is 5.56 Å². The molecule has 0 amide bonds. The van der Waals surface area contributed by atoms with E-state index in [1.165, 1.54) is 4.31 Å². The lowest BCUT2D eigenvalue weighted by Crippen LogP contribution is -2.34. The SMILES string of the molecule is CC(C)NCc1ccccc1S(=O)(=O)N(C)C(C)C. The summed E-state index contributed by atoms with van der Waals surface area (Å²) < 4.78 is 26.5. The number of benzene rings is 1. The highest BCUT2D eigenvalue weighted by molar-refractivity contribution is 7.89. The molecule has 0 atom stereocenters. The van der Waals surface area contributed by atoms with Gasteiger partial charge in [0.15, 0.2) is 0 Å². The summed E-state index contributed by atoms with van der Waals surface area (Å²) in [7, 11) is -1.81. The summed E-state index contributed by atoms with van der Waals surface area (Å²) in [5.74, 6) is 0. The van der Waals surface area contributed by atoms with Crippen LogP contribution in [0.15, 0.2) is 29.2 Å². The van der Waals surface area contributed by atoms with Gasteiger partial charge in [-0.2, -0.15) is 4.31 Å². The van der Waals surface area contributed by atoms with Gasteiger partial charge in [-0.25, -0.2) is 8.42 Å². The smallest absolute Gasteiger partial charge is 0.243 e. The molecule has 1 aromatic carbocycles. The maximum absolute atomic E-state index is 12.5. The molecule has 0 saturated heterocycles. The first kappa shape index (κ1) is 16.1. The van der Waals surface area contributed by atoms with Crippen LogP contribution in [0.4, 0.5) is 0 Å². The highest BCUT2D eigenvalue weighted by atomic mass is 32.2. The minimum atomic E-state index is -3.42. The second-order valence-corrected chi connectivity index (χ2v) is 7.22. The molecule has 0 radical (unpaired) electrons. The van der Waals surface area contributed by atoms with Crippen LogP contribution in [0.1, 0.15) is 33.3 Å². The average Bonchev–Trinajstić information content (AvgIpc) is 2.35. The Hall–Kier alpha value is -0.910. The van der Waals surface area contributed by atoms with Gasteiger partial charge in [0.2, 0.25) is 10.0 Å². The van der Waals surface area contributed by atoms with E-state index in [4.69, 9.17) is 0 Å². The Morgan fingerprint density at radius 2 is 1.74 bits per heavy atom. The molecule has 5 heteroatoms. The zero-order valence-electron chi connectivity index (χ0n) is 12.3. The van der Waals surface area contributed by atoms with Crippen molar-refractivity contribution in [3.8, 4) is 0 Å². The monoisotopic (exact) mass is 284 g/mol. The molecule has 108 valence electrons. The van der Waals surface area contributed by atoms with E-state index in [2.05, 4.69) is 5.32 Å². The van der Waals surface area contributed by atoms with Crippen LogP contribution in [0.3, 0.4) is 0 Å². The predicted molar refractivity (Wildman–Crippen MR) is 78.5 cm³/mol. The summed E-state index contributed by atoms with van der Waals surface area (Å²) >= 11 is 0. The first-order valence-electron chi connectivity index (χ1n) is 6.56. The van der Waals surface area contributed by atoms with Crippen molar-refractivity contribution >= 4 is 10.0 Å². The van der Waals surface area contributed by atoms with E-state index >= 15 is 0 Å². The fourth-order valence-electron chi connectivity index (χ4n) is 1.65. The topological polar surface area (TPSA) is 49.4 Å². The molecule has 0 bridgehead atoms.